The molecule has 2 N–H and O–H groups in total. The monoisotopic (exact) mass is 574 g/mol. The standard InChI is InChI=1S/C19H31ClN4O2S2.HI/c1-4-12-28(25,26)24-10-8-17(9-11-24)23-19(21-2)22-14-18(27-3)15-6-5-7-16(20)13-15;/h5-7,13,17-18H,4,8-12,14H2,1-3H3,(H2,21,22,23);1H. The highest BCUT2D eigenvalue weighted by Gasteiger charge is 2.27. The highest BCUT2D eigenvalue weighted by atomic mass is 127. The summed E-state index contributed by atoms with van der Waals surface area (Å²) in [5.41, 5.74) is 1.18. The molecule has 1 saturated heterocycles. The predicted octanol–water partition coefficient (Wildman–Crippen LogP) is 3.73. The van der Waals surface area contributed by atoms with Crippen molar-refractivity contribution in [1.82, 2.24) is 14.9 Å². The molecule has 0 radical (unpaired) electrons. The van der Waals surface area contributed by atoms with Gasteiger partial charge in [-0.2, -0.15) is 11.8 Å². The van der Waals surface area contributed by atoms with E-state index in [9.17, 15) is 8.42 Å². The number of hydrogen-bond acceptors (Lipinski definition) is 4. The normalized spacial score (nSPS) is 17.4. The molecule has 1 aromatic rings. The van der Waals surface area contributed by atoms with Crippen LogP contribution in [0.25, 0.3) is 0 Å². The van der Waals surface area contributed by atoms with Gasteiger partial charge in [-0.3, -0.25) is 4.99 Å². The highest BCUT2D eigenvalue weighted by molar-refractivity contribution is 14.0. The predicted molar refractivity (Wildman–Crippen MR) is 136 cm³/mol. The van der Waals surface area contributed by atoms with Crippen LogP contribution in [-0.4, -0.2) is 63.4 Å². The molecule has 0 aliphatic carbocycles. The molecule has 0 aromatic heterocycles. The van der Waals surface area contributed by atoms with Gasteiger partial charge < -0.3 is 10.6 Å². The Kier molecular flexibility index (Phi) is 12.2. The third-order valence-electron chi connectivity index (χ3n) is 4.83. The summed E-state index contributed by atoms with van der Waals surface area (Å²) >= 11 is 7.88. The molecule has 0 amide bonds. The van der Waals surface area contributed by atoms with Gasteiger partial charge in [-0.1, -0.05) is 30.7 Å². The first-order chi connectivity index (χ1) is 13.4. The molecule has 6 nitrogen and oxygen atoms in total. The Labute approximate surface area is 201 Å². The van der Waals surface area contributed by atoms with E-state index >= 15 is 0 Å². The summed E-state index contributed by atoms with van der Waals surface area (Å²) < 4.78 is 26.0. The number of piperidine rings is 1. The van der Waals surface area contributed by atoms with E-state index < -0.39 is 10.0 Å². The minimum Gasteiger partial charge on any atom is -0.355 e. The van der Waals surface area contributed by atoms with Crippen LogP contribution in [0.4, 0.5) is 0 Å². The molecule has 1 aromatic carbocycles. The molecular formula is C19H32ClIN4O2S2. The number of thioether (sulfide) groups is 1. The number of nitrogens with zero attached hydrogens (tertiary/aromatic N) is 2. The Morgan fingerprint density at radius 2 is 2.07 bits per heavy atom. The van der Waals surface area contributed by atoms with Crippen LogP contribution in [0.1, 0.15) is 37.0 Å². The molecule has 1 fully saturated rings. The van der Waals surface area contributed by atoms with Gasteiger partial charge in [0.05, 0.1) is 5.75 Å². The highest BCUT2D eigenvalue weighted by Crippen LogP contribution is 2.27. The first kappa shape index (κ1) is 26.8. The van der Waals surface area contributed by atoms with Crippen molar-refractivity contribution in [1.29, 1.82) is 0 Å². The average molecular weight is 575 g/mol. The zero-order chi connectivity index (χ0) is 20.6. The van der Waals surface area contributed by atoms with Crippen molar-refractivity contribution in [3.05, 3.63) is 34.9 Å². The maximum atomic E-state index is 12.2. The fraction of sp³-hybridized carbons (Fsp3) is 0.632. The van der Waals surface area contributed by atoms with Crippen LogP contribution in [-0.2, 0) is 10.0 Å². The van der Waals surface area contributed by atoms with E-state index in [1.807, 2.05) is 25.1 Å². The zero-order valence-corrected chi connectivity index (χ0v) is 21.9. The first-order valence-corrected chi connectivity index (χ1v) is 12.9. The van der Waals surface area contributed by atoms with Gasteiger partial charge in [-0.15, -0.1) is 24.0 Å². The van der Waals surface area contributed by atoms with Crippen LogP contribution in [0.2, 0.25) is 5.02 Å². The summed E-state index contributed by atoms with van der Waals surface area (Å²) in [7, 11) is -1.35. The van der Waals surface area contributed by atoms with Gasteiger partial charge >= 0.3 is 0 Å². The number of halogens is 2. The lowest BCUT2D eigenvalue weighted by molar-refractivity contribution is 0.306. The third-order valence-corrected chi connectivity index (χ3v) is 8.15. The van der Waals surface area contributed by atoms with E-state index in [0.29, 0.717) is 19.5 Å². The second-order valence-electron chi connectivity index (χ2n) is 6.87. The number of nitrogens with one attached hydrogen (secondary N) is 2. The Hall–Kier alpha value is -0.230. The van der Waals surface area contributed by atoms with Crippen LogP contribution < -0.4 is 10.6 Å². The minimum absolute atomic E-state index is 0. The van der Waals surface area contributed by atoms with Crippen molar-refractivity contribution in [3.63, 3.8) is 0 Å². The van der Waals surface area contributed by atoms with Crippen molar-refractivity contribution < 1.29 is 8.42 Å². The second-order valence-corrected chi connectivity index (χ2v) is 10.4. The van der Waals surface area contributed by atoms with E-state index in [-0.39, 0.29) is 41.0 Å². The summed E-state index contributed by atoms with van der Waals surface area (Å²) in [5, 5.41) is 7.83. The van der Waals surface area contributed by atoms with Crippen molar-refractivity contribution in [2.24, 2.45) is 4.99 Å². The maximum absolute atomic E-state index is 12.2. The number of sulfonamides is 1. The van der Waals surface area contributed by atoms with Gasteiger partial charge in [0.2, 0.25) is 10.0 Å². The van der Waals surface area contributed by atoms with E-state index in [0.717, 1.165) is 30.4 Å². The van der Waals surface area contributed by atoms with Gasteiger partial charge in [0.25, 0.3) is 0 Å². The van der Waals surface area contributed by atoms with Gasteiger partial charge in [0.1, 0.15) is 0 Å². The summed E-state index contributed by atoms with van der Waals surface area (Å²) in [5.74, 6) is 0.976. The molecule has 1 heterocycles. The quantitative estimate of drug-likeness (QED) is 0.281. The number of aliphatic imine (C=N–C) groups is 1. The molecule has 0 spiro atoms. The van der Waals surface area contributed by atoms with E-state index in [1.54, 1.807) is 23.1 Å². The Balaban J connectivity index is 0.00000420. The summed E-state index contributed by atoms with van der Waals surface area (Å²) in [6.07, 6.45) is 4.30. The molecular weight excluding hydrogens is 543 g/mol. The van der Waals surface area contributed by atoms with Crippen molar-refractivity contribution in [2.45, 2.75) is 37.5 Å². The summed E-state index contributed by atoms with van der Waals surface area (Å²) in [6, 6.07) is 8.14. The molecule has 1 atom stereocenters. The molecule has 0 bridgehead atoms. The van der Waals surface area contributed by atoms with Crippen LogP contribution in [0.3, 0.4) is 0 Å². The lowest BCUT2D eigenvalue weighted by atomic mass is 10.1. The smallest absolute Gasteiger partial charge is 0.214 e. The molecule has 1 aliphatic rings. The lowest BCUT2D eigenvalue weighted by Crippen LogP contribution is -2.50. The Bertz CT molecular complexity index is 756. The number of hydrogen-bond donors (Lipinski definition) is 2. The third kappa shape index (κ3) is 8.43. The van der Waals surface area contributed by atoms with Crippen LogP contribution in [0, 0.1) is 0 Å². The summed E-state index contributed by atoms with van der Waals surface area (Å²) in [4.78, 5) is 4.32. The van der Waals surface area contributed by atoms with E-state index in [1.165, 1.54) is 5.56 Å². The van der Waals surface area contributed by atoms with Gasteiger partial charge in [-0.05, 0) is 43.2 Å². The lowest BCUT2D eigenvalue weighted by Gasteiger charge is -2.32. The molecule has 0 saturated carbocycles. The topological polar surface area (TPSA) is 73.8 Å². The Morgan fingerprint density at radius 1 is 1.38 bits per heavy atom. The van der Waals surface area contributed by atoms with Gasteiger partial charge in [-0.25, -0.2) is 12.7 Å². The summed E-state index contributed by atoms with van der Waals surface area (Å²) in [6.45, 7) is 3.75. The molecule has 166 valence electrons. The average Bonchev–Trinajstić information content (AvgIpc) is 2.68. The molecule has 2 rings (SSSR count). The SMILES string of the molecule is CCCS(=O)(=O)N1CCC(NC(=NC)NCC(SC)c2cccc(Cl)c2)CC1.I. The number of benzene rings is 1. The fourth-order valence-electron chi connectivity index (χ4n) is 3.29. The largest absolute Gasteiger partial charge is 0.355 e. The fourth-order valence-corrected chi connectivity index (χ4v) is 5.70. The van der Waals surface area contributed by atoms with Crippen molar-refractivity contribution in [3.8, 4) is 0 Å². The first-order valence-electron chi connectivity index (χ1n) is 9.62. The van der Waals surface area contributed by atoms with Crippen molar-refractivity contribution >= 4 is 63.3 Å². The minimum atomic E-state index is -3.10. The molecule has 10 heteroatoms. The zero-order valence-electron chi connectivity index (χ0n) is 17.2. The van der Waals surface area contributed by atoms with Crippen LogP contribution >= 0.6 is 47.3 Å². The Morgan fingerprint density at radius 3 is 2.62 bits per heavy atom. The molecule has 1 unspecified atom stereocenters. The van der Waals surface area contributed by atoms with Gasteiger partial charge in [0, 0.05) is 43.0 Å². The number of rotatable bonds is 8. The second kappa shape index (κ2) is 13.2. The molecule has 29 heavy (non-hydrogen) atoms. The molecule has 1 aliphatic heterocycles. The van der Waals surface area contributed by atoms with E-state index in [2.05, 4.69) is 27.9 Å². The number of guanidine groups is 1. The van der Waals surface area contributed by atoms with Gasteiger partial charge in [0.15, 0.2) is 5.96 Å². The van der Waals surface area contributed by atoms with Crippen LogP contribution in [0.5, 0.6) is 0 Å². The maximum Gasteiger partial charge on any atom is 0.214 e. The van der Waals surface area contributed by atoms with E-state index in [4.69, 9.17) is 11.6 Å². The van der Waals surface area contributed by atoms with Crippen LogP contribution in [0.15, 0.2) is 29.3 Å². The van der Waals surface area contributed by atoms with Crippen molar-refractivity contribution in [2.75, 3.05) is 38.7 Å².